The van der Waals surface area contributed by atoms with E-state index in [9.17, 15) is 21.8 Å². The Morgan fingerprint density at radius 2 is 1.98 bits per heavy atom. The highest BCUT2D eigenvalue weighted by Crippen LogP contribution is 2.40. The van der Waals surface area contributed by atoms with Crippen molar-refractivity contribution in [1.82, 2.24) is 4.90 Å². The first-order chi connectivity index (χ1) is 19.5. The maximum absolute atomic E-state index is 14.7. The number of rotatable bonds is 8. The first-order valence-electron chi connectivity index (χ1n) is 13.3. The second-order valence-corrected chi connectivity index (χ2v) is 13.9. The fourth-order valence-corrected chi connectivity index (χ4v) is 7.95. The van der Waals surface area contributed by atoms with E-state index in [0.29, 0.717) is 49.9 Å². The molecule has 6 nitrogen and oxygen atoms in total. The summed E-state index contributed by atoms with van der Waals surface area (Å²) in [4.78, 5) is 2.65. The van der Waals surface area contributed by atoms with Crippen molar-refractivity contribution in [3.63, 3.8) is 0 Å². The van der Waals surface area contributed by atoms with E-state index in [2.05, 4.69) is 22.5 Å². The van der Waals surface area contributed by atoms with Gasteiger partial charge in [-0.3, -0.25) is 0 Å². The Labute approximate surface area is 241 Å². The van der Waals surface area contributed by atoms with E-state index >= 15 is 0 Å². The fourth-order valence-electron chi connectivity index (χ4n) is 5.04. The summed E-state index contributed by atoms with van der Waals surface area (Å²) in [5, 5.41) is 6.69. The first-order valence-corrected chi connectivity index (χ1v) is 15.8. The van der Waals surface area contributed by atoms with Crippen molar-refractivity contribution in [2.75, 3.05) is 44.4 Å². The zero-order valence-corrected chi connectivity index (χ0v) is 24.4. The van der Waals surface area contributed by atoms with Gasteiger partial charge in [0.2, 0.25) is 0 Å². The van der Waals surface area contributed by atoms with Crippen molar-refractivity contribution >= 4 is 42.5 Å². The fraction of sp³-hybridized carbons (Fsp3) is 0.448. The molecule has 1 saturated carbocycles. The van der Waals surface area contributed by atoms with Crippen molar-refractivity contribution in [1.29, 1.82) is 4.78 Å². The summed E-state index contributed by atoms with van der Waals surface area (Å²) in [5.41, 5.74) is 1.30. The van der Waals surface area contributed by atoms with E-state index in [0.717, 1.165) is 19.4 Å². The van der Waals surface area contributed by atoms with E-state index in [1.165, 1.54) is 18.4 Å². The van der Waals surface area contributed by atoms with Crippen LogP contribution in [0.3, 0.4) is 0 Å². The van der Waals surface area contributed by atoms with Crippen LogP contribution >= 0.6 is 11.3 Å². The lowest BCUT2D eigenvalue weighted by atomic mass is 10.0. The molecule has 0 amide bonds. The standard InChI is InChI=1S/C29H32F4N4O2S2/c1-37-14-12-23(22(30)17-37)36-25-6-3-5-20-21(16-29(31,32)33)27(40-28(20)25)7-4-13-35-24-11-10-19(15-26(24)39-2)41(34,38)18-8-9-18/h3,5-6,10-11,15,18,22-23,34-36H,8-9,12-14,16-17H2,1-2H3/t22-,23-,41-/m0/s1. The molecule has 3 aromatic rings. The molecule has 1 saturated heterocycles. The number of thiophene rings is 1. The van der Waals surface area contributed by atoms with Crippen LogP contribution in [-0.4, -0.2) is 66.5 Å². The maximum atomic E-state index is 14.7. The van der Waals surface area contributed by atoms with E-state index < -0.39 is 34.5 Å². The molecule has 220 valence electrons. The Morgan fingerprint density at radius 1 is 1.20 bits per heavy atom. The number of piperidine rings is 1. The molecule has 41 heavy (non-hydrogen) atoms. The van der Waals surface area contributed by atoms with Crippen molar-refractivity contribution in [2.45, 2.75) is 54.2 Å². The van der Waals surface area contributed by atoms with Crippen LogP contribution < -0.4 is 15.4 Å². The van der Waals surface area contributed by atoms with Crippen molar-refractivity contribution in [3.05, 3.63) is 46.8 Å². The number of hydrogen-bond acceptors (Lipinski definition) is 7. The van der Waals surface area contributed by atoms with Gasteiger partial charge in [0, 0.05) is 18.3 Å². The molecule has 2 aromatic carbocycles. The monoisotopic (exact) mass is 608 g/mol. The molecule has 2 heterocycles. The summed E-state index contributed by atoms with van der Waals surface area (Å²) < 4.78 is 82.5. The topological polar surface area (TPSA) is 77.4 Å². The number of methoxy groups -OCH3 is 1. The van der Waals surface area contributed by atoms with E-state index in [-0.39, 0.29) is 17.4 Å². The first kappa shape index (κ1) is 29.5. The zero-order valence-electron chi connectivity index (χ0n) is 22.7. The number of nitrogens with one attached hydrogen (secondary N) is 3. The summed E-state index contributed by atoms with van der Waals surface area (Å²) in [5.74, 6) is 6.26. The number of fused-ring (bicyclic) bond motifs is 1. The van der Waals surface area contributed by atoms with Crippen molar-refractivity contribution < 1.29 is 26.5 Å². The Hall–Kier alpha value is -3.01. The highest BCUT2D eigenvalue weighted by Gasteiger charge is 2.34. The third-order valence-corrected chi connectivity index (χ3v) is 10.9. The quantitative estimate of drug-likeness (QED) is 0.201. The lowest BCUT2D eigenvalue weighted by molar-refractivity contribution is -0.126. The van der Waals surface area contributed by atoms with Crippen LogP contribution in [0.1, 0.15) is 29.7 Å². The van der Waals surface area contributed by atoms with Crippen molar-refractivity contribution in [3.8, 4) is 17.6 Å². The predicted octanol–water partition coefficient (Wildman–Crippen LogP) is 6.50. The van der Waals surface area contributed by atoms with Gasteiger partial charge in [-0.2, -0.15) is 13.2 Å². The number of halogens is 4. The summed E-state index contributed by atoms with van der Waals surface area (Å²) in [6.07, 6.45) is -4.47. The van der Waals surface area contributed by atoms with Gasteiger partial charge < -0.3 is 20.3 Å². The van der Waals surface area contributed by atoms with Gasteiger partial charge in [-0.15, -0.1) is 11.3 Å². The molecule has 12 heteroatoms. The van der Waals surface area contributed by atoms with Crippen molar-refractivity contribution in [2.24, 2.45) is 0 Å². The van der Waals surface area contributed by atoms with Crippen LogP contribution in [0.15, 0.2) is 41.3 Å². The molecular weight excluding hydrogens is 576 g/mol. The molecule has 1 aliphatic heterocycles. The lowest BCUT2D eigenvalue weighted by Gasteiger charge is -2.33. The molecule has 0 radical (unpaired) electrons. The van der Waals surface area contributed by atoms with Gasteiger partial charge in [-0.1, -0.05) is 24.0 Å². The van der Waals surface area contributed by atoms with Gasteiger partial charge in [-0.05, 0) is 61.5 Å². The number of nitrogens with zero attached hydrogens (tertiary/aromatic N) is 1. The van der Waals surface area contributed by atoms with Crippen LogP contribution in [0.2, 0.25) is 0 Å². The largest absolute Gasteiger partial charge is 0.495 e. The van der Waals surface area contributed by atoms with Crippen LogP contribution in [0.4, 0.5) is 28.9 Å². The lowest BCUT2D eigenvalue weighted by Crippen LogP contribution is -2.46. The minimum atomic E-state index is -4.42. The van der Waals surface area contributed by atoms with Gasteiger partial charge in [0.05, 0.1) is 61.7 Å². The molecule has 2 aliphatic rings. The molecular formula is C29H32F4N4O2S2. The third kappa shape index (κ3) is 6.74. The smallest absolute Gasteiger partial charge is 0.393 e. The van der Waals surface area contributed by atoms with Crippen LogP contribution in [0.25, 0.3) is 10.1 Å². The molecule has 3 N–H and O–H groups in total. The number of benzene rings is 2. The Kier molecular flexibility index (Phi) is 8.41. The molecule has 5 rings (SSSR count). The summed E-state index contributed by atoms with van der Waals surface area (Å²) >= 11 is 1.17. The summed E-state index contributed by atoms with van der Waals surface area (Å²) in [6.45, 7) is 1.16. The average Bonchev–Trinajstić information content (AvgIpc) is 3.72. The Morgan fingerprint density at radius 3 is 2.66 bits per heavy atom. The highest BCUT2D eigenvalue weighted by molar-refractivity contribution is 7.93. The minimum Gasteiger partial charge on any atom is -0.495 e. The molecule has 0 spiro atoms. The van der Waals surface area contributed by atoms with Crippen LogP contribution in [0.5, 0.6) is 5.75 Å². The molecule has 2 fully saturated rings. The predicted molar refractivity (Wildman–Crippen MR) is 157 cm³/mol. The molecule has 3 atom stereocenters. The van der Waals surface area contributed by atoms with Gasteiger partial charge in [0.25, 0.3) is 0 Å². The third-order valence-electron chi connectivity index (χ3n) is 7.37. The summed E-state index contributed by atoms with van der Waals surface area (Å²) in [6, 6.07) is 9.61. The number of hydrogen-bond donors (Lipinski definition) is 3. The van der Waals surface area contributed by atoms with E-state index in [1.807, 2.05) is 11.9 Å². The van der Waals surface area contributed by atoms with Gasteiger partial charge >= 0.3 is 6.18 Å². The second kappa shape index (κ2) is 11.7. The second-order valence-electron chi connectivity index (χ2n) is 10.5. The molecule has 1 aliphatic carbocycles. The Balaban J connectivity index is 1.38. The molecule has 0 unspecified atom stereocenters. The van der Waals surface area contributed by atoms with E-state index in [4.69, 9.17) is 9.52 Å². The number of alkyl halides is 4. The van der Waals surface area contributed by atoms with Gasteiger partial charge in [-0.25, -0.2) is 13.4 Å². The van der Waals surface area contributed by atoms with E-state index in [1.54, 1.807) is 36.4 Å². The van der Waals surface area contributed by atoms with Crippen LogP contribution in [-0.2, 0) is 16.1 Å². The summed E-state index contributed by atoms with van der Waals surface area (Å²) in [7, 11) is 0.455. The zero-order chi connectivity index (χ0) is 29.4. The minimum absolute atomic E-state index is 0.112. The highest BCUT2D eigenvalue weighted by atomic mass is 32.2. The number of anilines is 2. The van der Waals surface area contributed by atoms with Gasteiger partial charge in [0.1, 0.15) is 11.9 Å². The maximum Gasteiger partial charge on any atom is 0.393 e. The number of ether oxygens (including phenoxy) is 1. The average molecular weight is 609 g/mol. The molecule has 0 bridgehead atoms. The Bertz CT molecular complexity index is 1590. The molecule has 1 aromatic heterocycles. The number of likely N-dealkylation sites (tertiary alicyclic amines) is 1. The normalized spacial score (nSPS) is 21.1. The van der Waals surface area contributed by atoms with Gasteiger partial charge in [0.15, 0.2) is 0 Å². The van der Waals surface area contributed by atoms with Crippen LogP contribution in [0, 0.1) is 16.6 Å². The SMILES string of the molecule is COc1cc([S@@](=N)(=O)C2CC2)ccc1NCC#Cc1sc2c(N[C@H]3CCN(C)C[C@@H]3F)cccc2c1CC(F)(F)F.